The van der Waals surface area contributed by atoms with Gasteiger partial charge in [-0.25, -0.2) is 4.79 Å². The minimum absolute atomic E-state index is 0.00148. The van der Waals surface area contributed by atoms with Crippen molar-refractivity contribution < 1.29 is 19.5 Å². The average molecular weight is 193 g/mol. The van der Waals surface area contributed by atoms with Gasteiger partial charge in [0.25, 0.3) is 0 Å². The van der Waals surface area contributed by atoms with Crippen molar-refractivity contribution in [2.45, 2.75) is 6.92 Å². The molecule has 0 spiro atoms. The molecule has 0 atom stereocenters. The number of carboxylic acid groups (broad SMARTS) is 1. The highest BCUT2D eigenvalue weighted by atomic mass is 16.5. The lowest BCUT2D eigenvalue weighted by Gasteiger charge is -1.97. The lowest BCUT2D eigenvalue weighted by atomic mass is 10.1. The van der Waals surface area contributed by atoms with Gasteiger partial charge < -0.3 is 14.7 Å². The maximum Gasteiger partial charge on any atom is 0.339 e. The summed E-state index contributed by atoms with van der Waals surface area (Å²) in [6.45, 7) is 1.64. The third-order valence-electron chi connectivity index (χ3n) is 2.00. The Balaban J connectivity index is 2.90. The maximum absolute atomic E-state index is 10.8. The van der Waals surface area contributed by atoms with Crippen LogP contribution in [0.25, 0.3) is 11.0 Å². The van der Waals surface area contributed by atoms with Gasteiger partial charge >= 0.3 is 5.97 Å². The van der Waals surface area contributed by atoms with E-state index in [9.17, 15) is 9.90 Å². The Morgan fingerprint density at radius 3 is 2.86 bits per heavy atom. The van der Waals surface area contributed by atoms with E-state index in [2.05, 4.69) is 5.16 Å². The summed E-state index contributed by atoms with van der Waals surface area (Å²) in [5, 5.41) is 22.2. The number of phenols is 1. The van der Waals surface area contributed by atoms with Gasteiger partial charge in [-0.2, -0.15) is 0 Å². The van der Waals surface area contributed by atoms with Gasteiger partial charge in [0, 0.05) is 0 Å². The molecule has 1 aromatic carbocycles. The van der Waals surface area contributed by atoms with Crippen LogP contribution in [-0.4, -0.2) is 21.3 Å². The van der Waals surface area contributed by atoms with E-state index in [1.165, 1.54) is 12.1 Å². The molecular weight excluding hydrogens is 186 g/mol. The molecule has 1 aromatic heterocycles. The number of aromatic hydroxyl groups is 1. The van der Waals surface area contributed by atoms with E-state index < -0.39 is 5.97 Å². The number of hydrogen-bond acceptors (Lipinski definition) is 4. The molecule has 14 heavy (non-hydrogen) atoms. The maximum atomic E-state index is 10.8. The van der Waals surface area contributed by atoms with Gasteiger partial charge in [0.05, 0.1) is 11.1 Å². The number of phenolic OH excluding ortho intramolecular Hbond substituents is 1. The normalized spacial score (nSPS) is 10.6. The second-order valence-electron chi connectivity index (χ2n) is 2.91. The quantitative estimate of drug-likeness (QED) is 0.717. The molecule has 0 bridgehead atoms. The van der Waals surface area contributed by atoms with Crippen molar-refractivity contribution in [3.63, 3.8) is 0 Å². The van der Waals surface area contributed by atoms with Crippen molar-refractivity contribution in [3.8, 4) is 5.75 Å². The molecule has 0 amide bonds. The number of benzene rings is 1. The minimum atomic E-state index is -1.11. The molecule has 2 N–H and O–H groups in total. The van der Waals surface area contributed by atoms with E-state index in [1.807, 2.05) is 0 Å². The van der Waals surface area contributed by atoms with E-state index in [0.29, 0.717) is 11.1 Å². The zero-order valence-electron chi connectivity index (χ0n) is 7.31. The molecular formula is C9H7NO4. The molecule has 0 saturated carbocycles. The number of carboxylic acids is 1. The monoisotopic (exact) mass is 193 g/mol. The first-order valence-corrected chi connectivity index (χ1v) is 3.92. The van der Waals surface area contributed by atoms with Crippen LogP contribution in [0.2, 0.25) is 0 Å². The molecule has 0 aliphatic carbocycles. The Morgan fingerprint density at radius 1 is 1.50 bits per heavy atom. The smallest absolute Gasteiger partial charge is 0.339 e. The number of aryl methyl sites for hydroxylation is 1. The van der Waals surface area contributed by atoms with Gasteiger partial charge in [0.15, 0.2) is 5.58 Å². The van der Waals surface area contributed by atoms with Crippen molar-refractivity contribution >= 4 is 16.9 Å². The van der Waals surface area contributed by atoms with Crippen molar-refractivity contribution in [2.75, 3.05) is 0 Å². The molecule has 0 saturated heterocycles. The predicted octanol–water partition coefficient (Wildman–Crippen LogP) is 1.54. The highest BCUT2D eigenvalue weighted by molar-refractivity contribution is 6.03. The fraction of sp³-hybridized carbons (Fsp3) is 0.111. The fourth-order valence-electron chi connectivity index (χ4n) is 1.34. The summed E-state index contributed by atoms with van der Waals surface area (Å²) < 4.78 is 4.83. The van der Waals surface area contributed by atoms with Crippen LogP contribution in [0.1, 0.15) is 16.1 Å². The van der Waals surface area contributed by atoms with Crippen molar-refractivity contribution in [1.29, 1.82) is 0 Å². The second-order valence-corrected chi connectivity index (χ2v) is 2.91. The number of aromatic nitrogens is 1. The van der Waals surface area contributed by atoms with Gasteiger partial charge in [0.2, 0.25) is 0 Å². The molecule has 1 heterocycles. The van der Waals surface area contributed by atoms with E-state index in [-0.39, 0.29) is 16.9 Å². The Labute approximate surface area is 78.6 Å². The SMILES string of the molecule is Cc1noc2c(C(=O)O)ccc(O)c12. The topological polar surface area (TPSA) is 83.6 Å². The molecule has 0 fully saturated rings. The van der Waals surface area contributed by atoms with Gasteiger partial charge in [0.1, 0.15) is 11.3 Å². The van der Waals surface area contributed by atoms with E-state index in [0.717, 1.165) is 0 Å². The summed E-state index contributed by atoms with van der Waals surface area (Å²) in [6.07, 6.45) is 0. The van der Waals surface area contributed by atoms with Gasteiger partial charge in [-0.15, -0.1) is 0 Å². The third kappa shape index (κ3) is 1.02. The van der Waals surface area contributed by atoms with Crippen LogP contribution in [0.4, 0.5) is 0 Å². The first-order valence-electron chi connectivity index (χ1n) is 3.92. The summed E-state index contributed by atoms with van der Waals surface area (Å²) in [5.41, 5.74) is 0.578. The van der Waals surface area contributed by atoms with Crippen LogP contribution in [0, 0.1) is 6.92 Å². The van der Waals surface area contributed by atoms with Crippen molar-refractivity contribution in [1.82, 2.24) is 5.16 Å². The van der Waals surface area contributed by atoms with Crippen LogP contribution < -0.4 is 0 Å². The molecule has 72 valence electrons. The molecule has 0 aliphatic heterocycles. The zero-order chi connectivity index (χ0) is 10.3. The largest absolute Gasteiger partial charge is 0.507 e. The average Bonchev–Trinajstić information content (AvgIpc) is 2.49. The van der Waals surface area contributed by atoms with E-state index in [4.69, 9.17) is 9.63 Å². The Bertz CT molecular complexity index is 515. The summed E-state index contributed by atoms with van der Waals surface area (Å²) in [7, 11) is 0. The highest BCUT2D eigenvalue weighted by Crippen LogP contribution is 2.30. The van der Waals surface area contributed by atoms with Crippen LogP contribution >= 0.6 is 0 Å². The standard InChI is InChI=1S/C9H7NO4/c1-4-7-6(11)3-2-5(9(12)13)8(7)14-10-4/h2-3,11H,1H3,(H,12,13). The molecule has 5 heteroatoms. The minimum Gasteiger partial charge on any atom is -0.507 e. The molecule has 0 aliphatic rings. The number of rotatable bonds is 1. The summed E-state index contributed by atoms with van der Waals surface area (Å²) in [5.74, 6) is -1.13. The lowest BCUT2D eigenvalue weighted by Crippen LogP contribution is -1.96. The van der Waals surface area contributed by atoms with Crippen molar-refractivity contribution in [3.05, 3.63) is 23.4 Å². The zero-order valence-corrected chi connectivity index (χ0v) is 7.31. The Kier molecular flexibility index (Phi) is 1.67. The number of hydrogen-bond donors (Lipinski definition) is 2. The molecule has 0 radical (unpaired) electrons. The fourth-order valence-corrected chi connectivity index (χ4v) is 1.34. The summed E-state index contributed by atoms with van der Waals surface area (Å²) >= 11 is 0. The highest BCUT2D eigenvalue weighted by Gasteiger charge is 2.17. The summed E-state index contributed by atoms with van der Waals surface area (Å²) in [4.78, 5) is 10.8. The van der Waals surface area contributed by atoms with E-state index in [1.54, 1.807) is 6.92 Å². The van der Waals surface area contributed by atoms with Gasteiger partial charge in [-0.05, 0) is 19.1 Å². The Hall–Kier alpha value is -2.04. The molecule has 5 nitrogen and oxygen atoms in total. The predicted molar refractivity (Wildman–Crippen MR) is 47.4 cm³/mol. The van der Waals surface area contributed by atoms with E-state index >= 15 is 0 Å². The third-order valence-corrected chi connectivity index (χ3v) is 2.00. The van der Waals surface area contributed by atoms with Crippen LogP contribution in [0.3, 0.4) is 0 Å². The molecule has 2 aromatic rings. The Morgan fingerprint density at radius 2 is 2.21 bits per heavy atom. The summed E-state index contributed by atoms with van der Waals surface area (Å²) in [6, 6.07) is 2.60. The van der Waals surface area contributed by atoms with Crippen LogP contribution in [0.5, 0.6) is 5.75 Å². The van der Waals surface area contributed by atoms with Gasteiger partial charge in [-0.3, -0.25) is 0 Å². The van der Waals surface area contributed by atoms with Crippen LogP contribution in [0.15, 0.2) is 16.7 Å². The molecule has 0 unspecified atom stereocenters. The van der Waals surface area contributed by atoms with Crippen LogP contribution in [-0.2, 0) is 0 Å². The number of nitrogens with zero attached hydrogens (tertiary/aromatic N) is 1. The first-order chi connectivity index (χ1) is 6.61. The molecule has 2 rings (SSSR count). The van der Waals surface area contributed by atoms with Gasteiger partial charge in [-0.1, -0.05) is 5.16 Å². The van der Waals surface area contributed by atoms with Crippen molar-refractivity contribution in [2.24, 2.45) is 0 Å². The second kappa shape index (κ2) is 2.73. The first kappa shape index (κ1) is 8.55. The lowest BCUT2D eigenvalue weighted by molar-refractivity contribution is 0.0697. The number of fused-ring (bicyclic) bond motifs is 1. The number of aromatic carboxylic acids is 1. The number of carbonyl (C=O) groups is 1.